The van der Waals surface area contributed by atoms with E-state index in [0.717, 1.165) is 0 Å². The summed E-state index contributed by atoms with van der Waals surface area (Å²) in [7, 11) is 0. The molecular formula is C10H12F3N3O. The molecule has 0 saturated carbocycles. The minimum Gasteiger partial charge on any atom is -0.311 e. The summed E-state index contributed by atoms with van der Waals surface area (Å²) in [5.74, 6) is 0. The van der Waals surface area contributed by atoms with Crippen LogP contribution in [0.15, 0.2) is 17.1 Å². The SMILES string of the molecule is CC.Cc1cc2ncc(C(F)(F)F)n2c(=O)[nH]1. The summed E-state index contributed by atoms with van der Waals surface area (Å²) in [6, 6.07) is 1.37. The van der Waals surface area contributed by atoms with Crippen molar-refractivity contribution in [2.24, 2.45) is 0 Å². The van der Waals surface area contributed by atoms with Gasteiger partial charge in [0.1, 0.15) is 5.65 Å². The second kappa shape index (κ2) is 4.60. The molecule has 94 valence electrons. The number of halogens is 3. The van der Waals surface area contributed by atoms with Gasteiger partial charge in [-0.2, -0.15) is 13.2 Å². The zero-order valence-electron chi connectivity index (χ0n) is 9.59. The Kier molecular flexibility index (Phi) is 3.59. The van der Waals surface area contributed by atoms with Gasteiger partial charge in [0.15, 0.2) is 5.69 Å². The van der Waals surface area contributed by atoms with Crippen molar-refractivity contribution in [1.82, 2.24) is 14.4 Å². The number of aromatic nitrogens is 3. The Morgan fingerprint density at radius 2 is 1.94 bits per heavy atom. The molecule has 0 aliphatic carbocycles. The first-order valence-corrected chi connectivity index (χ1v) is 5.04. The number of fused-ring (bicyclic) bond motifs is 1. The van der Waals surface area contributed by atoms with Crippen LogP contribution in [0.1, 0.15) is 25.2 Å². The van der Waals surface area contributed by atoms with Crippen molar-refractivity contribution in [1.29, 1.82) is 0 Å². The Bertz CT molecular complexity index is 568. The van der Waals surface area contributed by atoms with Crippen LogP contribution in [0.5, 0.6) is 0 Å². The highest BCUT2D eigenvalue weighted by Crippen LogP contribution is 2.28. The Labute approximate surface area is 95.1 Å². The van der Waals surface area contributed by atoms with Gasteiger partial charge in [-0.1, -0.05) is 13.8 Å². The Balaban J connectivity index is 0.000000686. The van der Waals surface area contributed by atoms with Crippen LogP contribution in [0.25, 0.3) is 5.65 Å². The number of aromatic amines is 1. The molecular weight excluding hydrogens is 235 g/mol. The summed E-state index contributed by atoms with van der Waals surface area (Å²) in [6.07, 6.45) is -3.94. The Morgan fingerprint density at radius 3 is 2.47 bits per heavy atom. The average molecular weight is 247 g/mol. The average Bonchev–Trinajstić information content (AvgIpc) is 2.63. The third kappa shape index (κ3) is 2.48. The lowest BCUT2D eigenvalue weighted by Crippen LogP contribution is -2.22. The Morgan fingerprint density at radius 1 is 1.35 bits per heavy atom. The zero-order chi connectivity index (χ0) is 13.2. The lowest BCUT2D eigenvalue weighted by Gasteiger charge is -2.04. The molecule has 0 atom stereocenters. The van der Waals surface area contributed by atoms with Crippen LogP contribution < -0.4 is 5.69 Å². The molecule has 0 spiro atoms. The van der Waals surface area contributed by atoms with Crippen LogP contribution >= 0.6 is 0 Å². The monoisotopic (exact) mass is 247 g/mol. The quantitative estimate of drug-likeness (QED) is 0.777. The van der Waals surface area contributed by atoms with E-state index in [1.54, 1.807) is 6.92 Å². The van der Waals surface area contributed by atoms with Gasteiger partial charge in [-0.15, -0.1) is 0 Å². The van der Waals surface area contributed by atoms with Crippen LogP contribution in [-0.4, -0.2) is 14.4 Å². The standard InChI is InChI=1S/C8H6F3N3O.C2H6/c1-4-2-6-12-3-5(8(9,10)11)14(6)7(15)13-4;1-2/h2-3H,1H3,(H,13,15);1-2H3. The van der Waals surface area contributed by atoms with Crippen molar-refractivity contribution < 1.29 is 13.2 Å². The van der Waals surface area contributed by atoms with Gasteiger partial charge in [-0.3, -0.25) is 0 Å². The molecule has 0 fully saturated rings. The van der Waals surface area contributed by atoms with Crippen LogP contribution in [0, 0.1) is 6.92 Å². The van der Waals surface area contributed by atoms with Crippen molar-refractivity contribution in [2.45, 2.75) is 26.9 Å². The summed E-state index contributed by atoms with van der Waals surface area (Å²) >= 11 is 0. The first-order chi connectivity index (χ1) is 7.89. The van der Waals surface area contributed by atoms with E-state index in [0.29, 0.717) is 16.3 Å². The molecule has 0 aromatic carbocycles. The predicted octanol–water partition coefficient (Wildman–Crippen LogP) is 2.38. The van der Waals surface area contributed by atoms with E-state index in [1.165, 1.54) is 6.07 Å². The lowest BCUT2D eigenvalue weighted by atomic mass is 10.4. The zero-order valence-corrected chi connectivity index (χ0v) is 9.59. The molecule has 2 rings (SSSR count). The van der Waals surface area contributed by atoms with E-state index in [4.69, 9.17) is 0 Å². The van der Waals surface area contributed by atoms with Gasteiger partial charge < -0.3 is 4.98 Å². The molecule has 7 heteroatoms. The largest absolute Gasteiger partial charge is 0.433 e. The molecule has 0 bridgehead atoms. The number of nitrogens with zero attached hydrogens (tertiary/aromatic N) is 2. The van der Waals surface area contributed by atoms with Crippen molar-refractivity contribution in [3.05, 3.63) is 34.1 Å². The van der Waals surface area contributed by atoms with Crippen LogP contribution in [0.4, 0.5) is 13.2 Å². The molecule has 2 aromatic heterocycles. The number of alkyl halides is 3. The third-order valence-corrected chi connectivity index (χ3v) is 1.93. The third-order valence-electron chi connectivity index (χ3n) is 1.93. The van der Waals surface area contributed by atoms with E-state index < -0.39 is 17.6 Å². The van der Waals surface area contributed by atoms with Crippen molar-refractivity contribution in [2.75, 3.05) is 0 Å². The molecule has 0 unspecified atom stereocenters. The minimum absolute atomic E-state index is 0.0106. The summed E-state index contributed by atoms with van der Waals surface area (Å²) in [5, 5.41) is 0. The molecule has 0 radical (unpaired) electrons. The molecule has 0 saturated heterocycles. The first kappa shape index (κ1) is 13.3. The molecule has 17 heavy (non-hydrogen) atoms. The molecule has 0 amide bonds. The van der Waals surface area contributed by atoms with Gasteiger partial charge in [0.05, 0.1) is 6.20 Å². The highest BCUT2D eigenvalue weighted by Gasteiger charge is 2.35. The normalized spacial score (nSPS) is 11.2. The molecule has 2 aromatic rings. The molecule has 0 aliphatic heterocycles. The maximum absolute atomic E-state index is 12.4. The predicted molar refractivity (Wildman–Crippen MR) is 56.9 cm³/mol. The number of rotatable bonds is 0. The summed E-state index contributed by atoms with van der Waals surface area (Å²) < 4.78 is 37.8. The maximum atomic E-state index is 12.4. The summed E-state index contributed by atoms with van der Waals surface area (Å²) in [6.45, 7) is 5.57. The number of hydrogen-bond donors (Lipinski definition) is 1. The molecule has 0 aliphatic rings. The fourth-order valence-electron chi connectivity index (χ4n) is 1.34. The minimum atomic E-state index is -4.58. The first-order valence-electron chi connectivity index (χ1n) is 5.04. The number of hydrogen-bond acceptors (Lipinski definition) is 2. The number of nitrogens with one attached hydrogen (secondary N) is 1. The van der Waals surface area contributed by atoms with Gasteiger partial charge in [0.2, 0.25) is 0 Å². The van der Waals surface area contributed by atoms with Crippen LogP contribution in [0.2, 0.25) is 0 Å². The molecule has 4 nitrogen and oxygen atoms in total. The summed E-state index contributed by atoms with van der Waals surface area (Å²) in [4.78, 5) is 17.1. The maximum Gasteiger partial charge on any atom is 0.433 e. The van der Waals surface area contributed by atoms with Crippen molar-refractivity contribution in [3.63, 3.8) is 0 Å². The smallest absolute Gasteiger partial charge is 0.311 e. The van der Waals surface area contributed by atoms with Gasteiger partial charge >= 0.3 is 11.9 Å². The van der Waals surface area contributed by atoms with Gasteiger partial charge in [0, 0.05) is 11.8 Å². The molecule has 2 heterocycles. The van der Waals surface area contributed by atoms with Gasteiger partial charge in [0.25, 0.3) is 0 Å². The Hall–Kier alpha value is -1.79. The van der Waals surface area contributed by atoms with Crippen LogP contribution in [0.3, 0.4) is 0 Å². The molecule has 1 N–H and O–H groups in total. The number of aryl methyl sites for hydroxylation is 1. The highest BCUT2D eigenvalue weighted by molar-refractivity contribution is 5.41. The van der Waals surface area contributed by atoms with Gasteiger partial charge in [-0.25, -0.2) is 14.2 Å². The van der Waals surface area contributed by atoms with E-state index in [2.05, 4.69) is 9.97 Å². The second-order valence-electron chi connectivity index (χ2n) is 3.09. The van der Waals surface area contributed by atoms with Crippen molar-refractivity contribution in [3.8, 4) is 0 Å². The lowest BCUT2D eigenvalue weighted by molar-refractivity contribution is -0.142. The fourth-order valence-corrected chi connectivity index (χ4v) is 1.34. The van der Waals surface area contributed by atoms with E-state index in [9.17, 15) is 18.0 Å². The van der Waals surface area contributed by atoms with Crippen molar-refractivity contribution >= 4 is 5.65 Å². The van der Waals surface area contributed by atoms with E-state index in [-0.39, 0.29) is 5.65 Å². The summed E-state index contributed by atoms with van der Waals surface area (Å²) in [5.41, 5.74) is -1.45. The van der Waals surface area contributed by atoms with Crippen LogP contribution in [-0.2, 0) is 6.18 Å². The van der Waals surface area contributed by atoms with Gasteiger partial charge in [-0.05, 0) is 6.92 Å². The van der Waals surface area contributed by atoms with E-state index in [1.807, 2.05) is 13.8 Å². The second-order valence-corrected chi connectivity index (χ2v) is 3.09. The highest BCUT2D eigenvalue weighted by atomic mass is 19.4. The number of imidazole rings is 1. The van der Waals surface area contributed by atoms with E-state index >= 15 is 0 Å². The topological polar surface area (TPSA) is 50.2 Å². The number of H-pyrrole nitrogens is 1. The fraction of sp³-hybridized carbons (Fsp3) is 0.400.